The molecule has 6 heteroatoms. The zero-order valence-corrected chi connectivity index (χ0v) is 9.86. The number of carboxylic acid groups (broad SMARTS) is 1. The van der Waals surface area contributed by atoms with Gasteiger partial charge >= 0.3 is 5.97 Å². The molecular formula is C11H15N3O3. The summed E-state index contributed by atoms with van der Waals surface area (Å²) in [5.41, 5.74) is 0.326. The Balaban J connectivity index is 2.11. The van der Waals surface area contributed by atoms with Gasteiger partial charge in [-0.25, -0.2) is 0 Å². The van der Waals surface area contributed by atoms with Crippen molar-refractivity contribution >= 4 is 11.9 Å². The summed E-state index contributed by atoms with van der Waals surface area (Å²) in [7, 11) is 0. The van der Waals surface area contributed by atoms with Crippen LogP contribution in [0.5, 0.6) is 0 Å². The van der Waals surface area contributed by atoms with Crippen LogP contribution >= 0.6 is 0 Å². The van der Waals surface area contributed by atoms with E-state index in [4.69, 9.17) is 5.11 Å². The summed E-state index contributed by atoms with van der Waals surface area (Å²) in [6.07, 6.45) is 0.484. The number of aromatic amines is 1. The number of carbonyl (C=O) groups is 2. The van der Waals surface area contributed by atoms with Gasteiger partial charge in [-0.1, -0.05) is 0 Å². The van der Waals surface area contributed by atoms with E-state index in [1.54, 1.807) is 17.9 Å². The summed E-state index contributed by atoms with van der Waals surface area (Å²) in [4.78, 5) is 24.6. The quantitative estimate of drug-likeness (QED) is 0.791. The van der Waals surface area contributed by atoms with Gasteiger partial charge in [0, 0.05) is 18.8 Å². The van der Waals surface area contributed by atoms with Crippen LogP contribution in [0.1, 0.15) is 29.5 Å². The molecule has 0 spiro atoms. The maximum Gasteiger partial charge on any atom is 0.311 e. The first-order valence-electron chi connectivity index (χ1n) is 5.47. The lowest BCUT2D eigenvalue weighted by molar-refractivity contribution is -0.147. The van der Waals surface area contributed by atoms with Gasteiger partial charge in [0.2, 0.25) is 0 Å². The smallest absolute Gasteiger partial charge is 0.311 e. The maximum atomic E-state index is 12.0. The van der Waals surface area contributed by atoms with Crippen LogP contribution in [0.4, 0.5) is 0 Å². The van der Waals surface area contributed by atoms with Gasteiger partial charge < -0.3 is 10.0 Å². The molecular weight excluding hydrogens is 222 g/mol. The first-order chi connectivity index (χ1) is 7.92. The van der Waals surface area contributed by atoms with Gasteiger partial charge in [-0.15, -0.1) is 0 Å². The molecule has 1 aliphatic rings. The van der Waals surface area contributed by atoms with E-state index < -0.39 is 11.4 Å². The molecule has 2 rings (SSSR count). The third-order valence-corrected chi connectivity index (χ3v) is 3.20. The first kappa shape index (κ1) is 11.6. The number of carbonyl (C=O) groups excluding carboxylic acids is 1. The predicted molar refractivity (Wildman–Crippen MR) is 59.6 cm³/mol. The molecule has 1 amide bonds. The summed E-state index contributed by atoms with van der Waals surface area (Å²) in [5, 5.41) is 15.7. The van der Waals surface area contributed by atoms with Crippen molar-refractivity contribution in [2.24, 2.45) is 5.41 Å². The number of rotatable bonds is 2. The van der Waals surface area contributed by atoms with Crippen molar-refractivity contribution in [3.8, 4) is 0 Å². The second-order valence-electron chi connectivity index (χ2n) is 4.78. The fourth-order valence-corrected chi connectivity index (χ4v) is 2.00. The van der Waals surface area contributed by atoms with E-state index in [0.29, 0.717) is 18.7 Å². The third kappa shape index (κ3) is 2.02. The highest BCUT2D eigenvalue weighted by atomic mass is 16.4. The number of carboxylic acids is 1. The van der Waals surface area contributed by atoms with Crippen molar-refractivity contribution in [3.05, 3.63) is 17.5 Å². The Morgan fingerprint density at radius 1 is 1.59 bits per heavy atom. The van der Waals surface area contributed by atoms with Gasteiger partial charge in [0.15, 0.2) is 0 Å². The van der Waals surface area contributed by atoms with E-state index in [-0.39, 0.29) is 12.5 Å². The molecule has 0 saturated carbocycles. The molecule has 0 aromatic carbocycles. The SMILES string of the molecule is Cc1cc(C(=O)N2CCC(C)(C(=O)O)C2)n[nH]1. The fourth-order valence-electron chi connectivity index (χ4n) is 2.00. The minimum atomic E-state index is -0.856. The first-order valence-corrected chi connectivity index (χ1v) is 5.47. The normalized spacial score (nSPS) is 24.0. The van der Waals surface area contributed by atoms with E-state index in [9.17, 15) is 9.59 Å². The lowest BCUT2D eigenvalue weighted by atomic mass is 9.90. The van der Waals surface area contributed by atoms with Crippen LogP contribution in [0.2, 0.25) is 0 Å². The summed E-state index contributed by atoms with van der Waals surface area (Å²) in [5.74, 6) is -1.06. The number of aliphatic carboxylic acids is 1. The number of nitrogens with zero attached hydrogens (tertiary/aromatic N) is 2. The van der Waals surface area contributed by atoms with E-state index >= 15 is 0 Å². The number of likely N-dealkylation sites (tertiary alicyclic amines) is 1. The Labute approximate surface area is 98.6 Å². The van der Waals surface area contributed by atoms with Crippen molar-refractivity contribution in [1.29, 1.82) is 0 Å². The lowest BCUT2D eigenvalue weighted by Gasteiger charge is -2.19. The molecule has 92 valence electrons. The van der Waals surface area contributed by atoms with Crippen LogP contribution < -0.4 is 0 Å². The number of aryl methyl sites for hydroxylation is 1. The zero-order valence-electron chi connectivity index (χ0n) is 9.86. The van der Waals surface area contributed by atoms with Crippen LogP contribution in [0.3, 0.4) is 0 Å². The summed E-state index contributed by atoms with van der Waals surface area (Å²) in [6, 6.07) is 1.67. The van der Waals surface area contributed by atoms with Gasteiger partial charge in [0.1, 0.15) is 5.69 Å². The summed E-state index contributed by atoms with van der Waals surface area (Å²) in [6.45, 7) is 4.19. The molecule has 0 aliphatic carbocycles. The molecule has 1 unspecified atom stereocenters. The van der Waals surface area contributed by atoms with Gasteiger partial charge in [-0.05, 0) is 26.3 Å². The Kier molecular flexibility index (Phi) is 2.65. The van der Waals surface area contributed by atoms with Crippen molar-refractivity contribution in [2.75, 3.05) is 13.1 Å². The van der Waals surface area contributed by atoms with Gasteiger partial charge in [0.05, 0.1) is 5.41 Å². The van der Waals surface area contributed by atoms with E-state index in [1.807, 2.05) is 6.92 Å². The van der Waals surface area contributed by atoms with Crippen LogP contribution in [0.25, 0.3) is 0 Å². The molecule has 1 saturated heterocycles. The summed E-state index contributed by atoms with van der Waals surface area (Å²) < 4.78 is 0. The number of aromatic nitrogens is 2. The Morgan fingerprint density at radius 2 is 2.29 bits per heavy atom. The topological polar surface area (TPSA) is 86.3 Å². The highest BCUT2D eigenvalue weighted by Crippen LogP contribution is 2.30. The molecule has 6 nitrogen and oxygen atoms in total. The number of hydrogen-bond acceptors (Lipinski definition) is 3. The Morgan fingerprint density at radius 3 is 2.76 bits per heavy atom. The molecule has 1 atom stereocenters. The second kappa shape index (κ2) is 3.87. The zero-order chi connectivity index (χ0) is 12.6. The number of nitrogens with one attached hydrogen (secondary N) is 1. The van der Waals surface area contributed by atoms with Crippen molar-refractivity contribution in [2.45, 2.75) is 20.3 Å². The molecule has 17 heavy (non-hydrogen) atoms. The van der Waals surface area contributed by atoms with Gasteiger partial charge in [0.25, 0.3) is 5.91 Å². The fraction of sp³-hybridized carbons (Fsp3) is 0.545. The van der Waals surface area contributed by atoms with Crippen molar-refractivity contribution < 1.29 is 14.7 Å². The van der Waals surface area contributed by atoms with Crippen LogP contribution in [0.15, 0.2) is 6.07 Å². The van der Waals surface area contributed by atoms with Gasteiger partial charge in [-0.3, -0.25) is 14.7 Å². The third-order valence-electron chi connectivity index (χ3n) is 3.20. The molecule has 1 aliphatic heterocycles. The van der Waals surface area contributed by atoms with Crippen molar-refractivity contribution in [3.63, 3.8) is 0 Å². The highest BCUT2D eigenvalue weighted by molar-refractivity contribution is 5.93. The predicted octanol–water partition coefficient (Wildman–Crippen LogP) is 0.655. The highest BCUT2D eigenvalue weighted by Gasteiger charge is 2.42. The number of H-pyrrole nitrogens is 1. The minimum Gasteiger partial charge on any atom is -0.481 e. The minimum absolute atomic E-state index is 0.209. The Hall–Kier alpha value is -1.85. The van der Waals surface area contributed by atoms with E-state index in [2.05, 4.69) is 10.2 Å². The standard InChI is InChI=1S/C11H15N3O3/c1-7-5-8(13-12-7)9(15)14-4-3-11(2,6-14)10(16)17/h5H,3-4,6H2,1-2H3,(H,12,13)(H,16,17). The lowest BCUT2D eigenvalue weighted by Crippen LogP contribution is -2.35. The van der Waals surface area contributed by atoms with E-state index in [1.165, 1.54) is 0 Å². The maximum absolute atomic E-state index is 12.0. The molecule has 1 aromatic heterocycles. The van der Waals surface area contributed by atoms with Crippen molar-refractivity contribution in [1.82, 2.24) is 15.1 Å². The molecule has 2 heterocycles. The number of hydrogen-bond donors (Lipinski definition) is 2. The molecule has 0 radical (unpaired) electrons. The molecule has 2 N–H and O–H groups in total. The van der Waals surface area contributed by atoms with Crippen LogP contribution in [-0.4, -0.2) is 45.2 Å². The number of amides is 1. The monoisotopic (exact) mass is 237 g/mol. The molecule has 0 bridgehead atoms. The molecule has 1 aromatic rings. The average Bonchev–Trinajstić information content (AvgIpc) is 2.85. The summed E-state index contributed by atoms with van der Waals surface area (Å²) >= 11 is 0. The average molecular weight is 237 g/mol. The molecule has 1 fully saturated rings. The van der Waals surface area contributed by atoms with E-state index in [0.717, 1.165) is 5.69 Å². The van der Waals surface area contributed by atoms with Crippen LogP contribution in [0, 0.1) is 12.3 Å². The largest absolute Gasteiger partial charge is 0.481 e. The van der Waals surface area contributed by atoms with Crippen LogP contribution in [-0.2, 0) is 4.79 Å². The van der Waals surface area contributed by atoms with Gasteiger partial charge in [-0.2, -0.15) is 5.10 Å². The second-order valence-corrected chi connectivity index (χ2v) is 4.78. The Bertz CT molecular complexity index is 468.